The Morgan fingerprint density at radius 1 is 1.43 bits per heavy atom. The first-order chi connectivity index (χ1) is 10.8. The summed E-state index contributed by atoms with van der Waals surface area (Å²) in [4.78, 5) is 25.7. The Morgan fingerprint density at radius 3 is 2.57 bits per heavy atom. The molecule has 1 N–H and O–H groups in total. The van der Waals surface area contributed by atoms with Crippen molar-refractivity contribution in [2.75, 3.05) is 12.3 Å². The number of halogens is 1. The zero-order valence-electron chi connectivity index (χ0n) is 13.1. The molecular weight excluding hydrogens is 354 g/mol. The fraction of sp³-hybridized carbons (Fsp3) is 0.500. The monoisotopic (exact) mass is 374 g/mol. The summed E-state index contributed by atoms with van der Waals surface area (Å²) in [6.07, 6.45) is -0.375. The first-order valence-corrected chi connectivity index (χ1v) is 9.39. The van der Waals surface area contributed by atoms with Crippen LogP contribution in [0.1, 0.15) is 20.3 Å². The van der Waals surface area contributed by atoms with Crippen molar-refractivity contribution >= 4 is 48.0 Å². The van der Waals surface area contributed by atoms with Gasteiger partial charge in [-0.3, -0.25) is 0 Å². The van der Waals surface area contributed by atoms with Gasteiger partial charge in [-0.05, 0) is 38.1 Å². The Hall–Kier alpha value is -0.690. The number of likely N-dealkylation sites (tertiary alicyclic amines) is 1. The van der Waals surface area contributed by atoms with Gasteiger partial charge in [0.15, 0.2) is 0 Å². The molecule has 0 bridgehead atoms. The molecule has 0 aromatic heterocycles. The van der Waals surface area contributed by atoms with E-state index in [0.29, 0.717) is 23.7 Å². The molecule has 0 radical (unpaired) electrons. The summed E-state index contributed by atoms with van der Waals surface area (Å²) in [7, 11) is 0. The summed E-state index contributed by atoms with van der Waals surface area (Å²) in [6.45, 7) is 3.89. The normalized spacial score (nSPS) is 28.5. The number of carbonyl (C=O) groups excluding carboxylic acids is 1. The van der Waals surface area contributed by atoms with Gasteiger partial charge in [0.25, 0.3) is 0 Å². The first kappa shape index (κ1) is 18.6. The van der Waals surface area contributed by atoms with E-state index in [2.05, 4.69) is 12.6 Å². The lowest BCUT2D eigenvalue weighted by Gasteiger charge is -2.31. The Morgan fingerprint density at radius 2 is 2.04 bits per heavy atom. The highest BCUT2D eigenvalue weighted by Gasteiger charge is 2.57. The molecular formula is C16H21ClNO3S2+. The van der Waals surface area contributed by atoms with E-state index in [0.717, 1.165) is 4.90 Å². The Bertz CT molecular complexity index is 595. The lowest BCUT2D eigenvalue weighted by atomic mass is 10.1. The van der Waals surface area contributed by atoms with Gasteiger partial charge in [0.05, 0.1) is 11.2 Å². The highest BCUT2D eigenvalue weighted by atomic mass is 35.5. The predicted octanol–water partition coefficient (Wildman–Crippen LogP) is 4.18. The molecule has 2 rings (SSSR count). The molecule has 1 saturated heterocycles. The average molecular weight is 375 g/mol. The molecule has 1 fully saturated rings. The van der Waals surface area contributed by atoms with Crippen LogP contribution in [0.2, 0.25) is 5.02 Å². The number of quaternary nitrogens is 1. The smallest absolute Gasteiger partial charge is 0.435 e. The number of carbonyl (C=O) groups is 2. The van der Waals surface area contributed by atoms with Crippen molar-refractivity contribution in [1.29, 1.82) is 0 Å². The topological polar surface area (TPSA) is 54.4 Å². The third-order valence-electron chi connectivity index (χ3n) is 4.39. The van der Waals surface area contributed by atoms with Gasteiger partial charge in [0, 0.05) is 22.1 Å². The van der Waals surface area contributed by atoms with Gasteiger partial charge >= 0.3 is 12.0 Å². The Kier molecular flexibility index (Phi) is 6.05. The number of hydrogen-bond donors (Lipinski definition) is 2. The van der Waals surface area contributed by atoms with Crippen molar-refractivity contribution in [1.82, 2.24) is 0 Å². The predicted molar refractivity (Wildman–Crippen MR) is 96.4 cm³/mol. The molecule has 1 heterocycles. The van der Waals surface area contributed by atoms with E-state index in [4.69, 9.17) is 11.6 Å². The molecule has 3 unspecified atom stereocenters. The lowest BCUT2D eigenvalue weighted by Crippen LogP contribution is -2.60. The molecule has 0 aliphatic carbocycles. The fourth-order valence-corrected chi connectivity index (χ4v) is 4.71. The molecule has 23 heavy (non-hydrogen) atoms. The van der Waals surface area contributed by atoms with E-state index < -0.39 is 10.6 Å². The molecule has 4 atom stereocenters. The van der Waals surface area contributed by atoms with Crippen LogP contribution < -0.4 is 0 Å². The van der Waals surface area contributed by atoms with Gasteiger partial charge in [0.1, 0.15) is 12.6 Å². The second-order valence-corrected chi connectivity index (χ2v) is 8.21. The largest absolute Gasteiger partial charge is 0.521 e. The summed E-state index contributed by atoms with van der Waals surface area (Å²) in [5.74, 6) is -0.274. The van der Waals surface area contributed by atoms with Crippen LogP contribution in [-0.4, -0.2) is 45.2 Å². The highest BCUT2D eigenvalue weighted by Crippen LogP contribution is 2.39. The van der Waals surface area contributed by atoms with E-state index in [1.165, 1.54) is 0 Å². The highest BCUT2D eigenvalue weighted by molar-refractivity contribution is 8.00. The number of carboxylic acid groups (broad SMARTS) is 1. The van der Waals surface area contributed by atoms with Gasteiger partial charge < -0.3 is 5.11 Å². The van der Waals surface area contributed by atoms with Crippen LogP contribution >= 0.6 is 36.0 Å². The molecule has 2 amide bonds. The number of thiol groups is 1. The van der Waals surface area contributed by atoms with Gasteiger partial charge in [-0.2, -0.15) is 21.9 Å². The third kappa shape index (κ3) is 3.71. The molecule has 1 aliphatic rings. The zero-order chi connectivity index (χ0) is 17.2. The van der Waals surface area contributed by atoms with Crippen LogP contribution in [-0.2, 0) is 4.79 Å². The standard InChI is InChI=1S/C16H20ClNO3S2/c1-10(9-22)15(19)18(16(20)21)8-14(7-11(18)2)23-13-5-3-12(17)4-6-13/h3-6,10-11,14H,7-9H2,1-2H3,(H-,20,21,22)/p+1/t10?,11-,14?,18?/m1/s1. The maximum absolute atomic E-state index is 12.7. The summed E-state index contributed by atoms with van der Waals surface area (Å²) >= 11 is 11.7. The fourth-order valence-electron chi connectivity index (χ4n) is 3.07. The Balaban J connectivity index is 2.21. The average Bonchev–Trinajstić information content (AvgIpc) is 2.85. The van der Waals surface area contributed by atoms with Crippen molar-refractivity contribution in [2.24, 2.45) is 5.92 Å². The second kappa shape index (κ2) is 7.47. The van der Waals surface area contributed by atoms with Gasteiger partial charge in [0.2, 0.25) is 0 Å². The van der Waals surface area contributed by atoms with Crippen molar-refractivity contribution in [3.63, 3.8) is 0 Å². The number of imide groups is 1. The van der Waals surface area contributed by atoms with Crippen molar-refractivity contribution in [2.45, 2.75) is 36.5 Å². The van der Waals surface area contributed by atoms with Crippen LogP contribution in [0.15, 0.2) is 29.2 Å². The molecule has 1 aromatic carbocycles. The van der Waals surface area contributed by atoms with Crippen LogP contribution in [0, 0.1) is 5.92 Å². The van der Waals surface area contributed by atoms with Crippen LogP contribution in [0.25, 0.3) is 0 Å². The minimum absolute atomic E-state index is 0.0818. The van der Waals surface area contributed by atoms with E-state index in [-0.39, 0.29) is 23.1 Å². The maximum Gasteiger partial charge on any atom is 0.521 e. The molecule has 7 heteroatoms. The van der Waals surface area contributed by atoms with Crippen LogP contribution in [0.3, 0.4) is 0 Å². The van der Waals surface area contributed by atoms with E-state index >= 15 is 0 Å². The minimum atomic E-state index is -1.06. The van der Waals surface area contributed by atoms with Crippen LogP contribution in [0.5, 0.6) is 0 Å². The maximum atomic E-state index is 12.7. The number of hydrogen-bond acceptors (Lipinski definition) is 4. The van der Waals surface area contributed by atoms with Crippen LogP contribution in [0.4, 0.5) is 4.79 Å². The second-order valence-electron chi connectivity index (χ2n) is 6.03. The number of amides is 2. The molecule has 4 nitrogen and oxygen atoms in total. The van der Waals surface area contributed by atoms with E-state index in [9.17, 15) is 14.7 Å². The van der Waals surface area contributed by atoms with Crippen molar-refractivity contribution in [3.8, 4) is 0 Å². The third-order valence-corrected chi connectivity index (χ3v) is 6.41. The zero-order valence-corrected chi connectivity index (χ0v) is 15.6. The molecule has 126 valence electrons. The first-order valence-electron chi connectivity index (χ1n) is 7.50. The summed E-state index contributed by atoms with van der Waals surface area (Å²) < 4.78 is -0.493. The SMILES string of the molecule is CC(CS)C(=O)[N+]1(C(=O)O)CC(Sc2ccc(Cl)cc2)C[C@H]1C. The van der Waals surface area contributed by atoms with Gasteiger partial charge in [-0.25, -0.2) is 4.79 Å². The number of rotatable bonds is 4. The summed E-state index contributed by atoms with van der Waals surface area (Å²) in [5, 5.41) is 10.5. The quantitative estimate of drug-likeness (QED) is 0.613. The molecule has 0 saturated carbocycles. The summed E-state index contributed by atoms with van der Waals surface area (Å²) in [5.41, 5.74) is 0. The lowest BCUT2D eigenvalue weighted by molar-refractivity contribution is -0.793. The van der Waals surface area contributed by atoms with Gasteiger partial charge in [-0.15, -0.1) is 11.8 Å². The minimum Gasteiger partial charge on any atom is -0.435 e. The van der Waals surface area contributed by atoms with Gasteiger partial charge in [-0.1, -0.05) is 11.6 Å². The van der Waals surface area contributed by atoms with E-state index in [1.807, 2.05) is 31.2 Å². The number of nitrogens with zero attached hydrogens (tertiary/aromatic N) is 1. The Labute approximate surface area is 151 Å². The molecule has 1 aromatic rings. The molecule has 0 spiro atoms. The van der Waals surface area contributed by atoms with Crippen molar-refractivity contribution in [3.05, 3.63) is 29.3 Å². The van der Waals surface area contributed by atoms with Crippen molar-refractivity contribution < 1.29 is 19.2 Å². The number of benzene rings is 1. The molecule has 1 aliphatic heterocycles. The number of thioether (sulfide) groups is 1. The van der Waals surface area contributed by atoms with E-state index in [1.54, 1.807) is 18.7 Å². The summed E-state index contributed by atoms with van der Waals surface area (Å²) in [6, 6.07) is 7.23.